The van der Waals surface area contributed by atoms with Crippen LogP contribution in [0.1, 0.15) is 42.5 Å². The number of hydrogen-bond donors (Lipinski definition) is 1. The second-order valence-corrected chi connectivity index (χ2v) is 10.2. The maximum Gasteiger partial charge on any atom is 0.243 e. The van der Waals surface area contributed by atoms with E-state index in [1.807, 2.05) is 32.0 Å². The average Bonchev–Trinajstić information content (AvgIpc) is 2.86. The van der Waals surface area contributed by atoms with Crippen LogP contribution in [0.4, 0.5) is 0 Å². The first-order chi connectivity index (χ1) is 16.3. The predicted octanol–water partition coefficient (Wildman–Crippen LogP) is 3.23. The summed E-state index contributed by atoms with van der Waals surface area (Å²) in [5, 5.41) is 3.09. The highest BCUT2D eigenvalue weighted by Crippen LogP contribution is 2.27. The van der Waals surface area contributed by atoms with E-state index in [-0.39, 0.29) is 23.3 Å². The molecule has 1 heterocycles. The van der Waals surface area contributed by atoms with Crippen LogP contribution in [0.2, 0.25) is 0 Å². The molecule has 2 aromatic rings. The van der Waals surface area contributed by atoms with Crippen molar-refractivity contribution in [3.63, 3.8) is 0 Å². The van der Waals surface area contributed by atoms with Crippen molar-refractivity contribution in [2.24, 2.45) is 0 Å². The average molecular weight is 491 g/mol. The summed E-state index contributed by atoms with van der Waals surface area (Å²) in [6, 6.07) is 10.6. The molecule has 34 heavy (non-hydrogen) atoms. The number of carbonyl (C=O) groups excluding carboxylic acids is 1. The minimum absolute atomic E-state index is 0.108. The SMILES string of the molecule is CCC(NC(=O)CCc1cc(S(=O)(=O)N2CCOCC2)ccc1OC)c1ccc(OC)c(C)c1. The predicted molar refractivity (Wildman–Crippen MR) is 130 cm³/mol. The van der Waals surface area contributed by atoms with E-state index in [1.165, 1.54) is 11.4 Å². The third kappa shape index (κ3) is 6.08. The van der Waals surface area contributed by atoms with Crippen molar-refractivity contribution < 1.29 is 27.4 Å². The number of morpholine rings is 1. The van der Waals surface area contributed by atoms with E-state index in [0.29, 0.717) is 44.0 Å². The van der Waals surface area contributed by atoms with Crippen molar-refractivity contribution in [1.82, 2.24) is 9.62 Å². The van der Waals surface area contributed by atoms with Crippen LogP contribution in [0, 0.1) is 6.92 Å². The quantitative estimate of drug-likeness (QED) is 0.550. The molecule has 0 saturated carbocycles. The Hall–Kier alpha value is -2.62. The lowest BCUT2D eigenvalue weighted by molar-refractivity contribution is -0.121. The first kappa shape index (κ1) is 26.0. The molecule has 0 bridgehead atoms. The Labute approximate surface area is 202 Å². The van der Waals surface area contributed by atoms with Crippen LogP contribution in [-0.2, 0) is 26.0 Å². The fraction of sp³-hybridized carbons (Fsp3) is 0.480. The minimum Gasteiger partial charge on any atom is -0.496 e. The summed E-state index contributed by atoms with van der Waals surface area (Å²) in [6.07, 6.45) is 1.32. The van der Waals surface area contributed by atoms with Crippen LogP contribution in [0.15, 0.2) is 41.3 Å². The number of aryl methyl sites for hydroxylation is 2. The molecular formula is C25H34N2O6S. The van der Waals surface area contributed by atoms with E-state index in [9.17, 15) is 13.2 Å². The molecule has 8 nitrogen and oxygen atoms in total. The smallest absolute Gasteiger partial charge is 0.243 e. The van der Waals surface area contributed by atoms with E-state index < -0.39 is 10.0 Å². The largest absolute Gasteiger partial charge is 0.496 e. The molecular weight excluding hydrogens is 456 g/mol. The standard InChI is InChI=1S/C25H34N2O6S/c1-5-22(19-6-9-23(31-3)18(2)16-19)26-25(28)11-7-20-17-21(8-10-24(20)32-4)34(29,30)27-12-14-33-15-13-27/h6,8-10,16-17,22H,5,7,11-15H2,1-4H3,(H,26,28). The summed E-state index contributed by atoms with van der Waals surface area (Å²) < 4.78 is 43.5. The number of benzene rings is 2. The van der Waals surface area contributed by atoms with Crippen molar-refractivity contribution in [1.29, 1.82) is 0 Å². The Morgan fingerprint density at radius 3 is 2.38 bits per heavy atom. The van der Waals surface area contributed by atoms with Crippen LogP contribution in [0.25, 0.3) is 0 Å². The van der Waals surface area contributed by atoms with Gasteiger partial charge in [-0.05, 0) is 60.7 Å². The lowest BCUT2D eigenvalue weighted by atomic mass is 10.0. The zero-order valence-corrected chi connectivity index (χ0v) is 21.1. The van der Waals surface area contributed by atoms with Gasteiger partial charge in [0.1, 0.15) is 11.5 Å². The zero-order valence-electron chi connectivity index (χ0n) is 20.3. The van der Waals surface area contributed by atoms with Gasteiger partial charge in [0, 0.05) is 19.5 Å². The molecule has 9 heteroatoms. The van der Waals surface area contributed by atoms with E-state index in [0.717, 1.165) is 23.3 Å². The number of carbonyl (C=O) groups is 1. The summed E-state index contributed by atoms with van der Waals surface area (Å²) in [6.45, 7) is 5.42. The van der Waals surface area contributed by atoms with Crippen LogP contribution in [0.3, 0.4) is 0 Å². The first-order valence-electron chi connectivity index (χ1n) is 11.5. The van der Waals surface area contributed by atoms with E-state index in [4.69, 9.17) is 14.2 Å². The van der Waals surface area contributed by atoms with Gasteiger partial charge >= 0.3 is 0 Å². The highest BCUT2D eigenvalue weighted by atomic mass is 32.2. The monoisotopic (exact) mass is 490 g/mol. The molecule has 0 spiro atoms. The first-order valence-corrected chi connectivity index (χ1v) is 12.9. The maximum absolute atomic E-state index is 13.0. The molecule has 1 saturated heterocycles. The van der Waals surface area contributed by atoms with Gasteiger partial charge in [-0.25, -0.2) is 8.42 Å². The van der Waals surface area contributed by atoms with E-state index in [1.54, 1.807) is 25.3 Å². The number of hydrogen-bond acceptors (Lipinski definition) is 6. The Bertz CT molecular complexity index is 1100. The lowest BCUT2D eigenvalue weighted by Crippen LogP contribution is -2.40. The molecule has 1 amide bonds. The molecule has 0 aromatic heterocycles. The second kappa shape index (κ2) is 11.7. The molecule has 1 unspecified atom stereocenters. The number of sulfonamides is 1. The number of methoxy groups -OCH3 is 2. The zero-order chi connectivity index (χ0) is 24.7. The van der Waals surface area contributed by atoms with Crippen molar-refractivity contribution in [3.8, 4) is 11.5 Å². The van der Waals surface area contributed by atoms with Crippen molar-refractivity contribution in [2.75, 3.05) is 40.5 Å². The maximum atomic E-state index is 13.0. The van der Waals surface area contributed by atoms with Crippen molar-refractivity contribution >= 4 is 15.9 Å². The summed E-state index contributed by atoms with van der Waals surface area (Å²) >= 11 is 0. The van der Waals surface area contributed by atoms with Crippen molar-refractivity contribution in [2.45, 2.75) is 44.0 Å². The Kier molecular flexibility index (Phi) is 8.93. The summed E-state index contributed by atoms with van der Waals surface area (Å²) in [5.41, 5.74) is 2.71. The van der Waals surface area contributed by atoms with E-state index in [2.05, 4.69) is 5.32 Å². The number of amides is 1. The third-order valence-electron chi connectivity index (χ3n) is 6.05. The van der Waals surface area contributed by atoms with Gasteiger partial charge in [-0.2, -0.15) is 4.31 Å². The number of nitrogens with zero attached hydrogens (tertiary/aromatic N) is 1. The fourth-order valence-electron chi connectivity index (χ4n) is 4.10. The molecule has 1 N–H and O–H groups in total. The van der Waals surface area contributed by atoms with Crippen LogP contribution >= 0.6 is 0 Å². The third-order valence-corrected chi connectivity index (χ3v) is 7.94. The lowest BCUT2D eigenvalue weighted by Gasteiger charge is -2.26. The molecule has 1 atom stereocenters. The highest BCUT2D eigenvalue weighted by molar-refractivity contribution is 7.89. The topological polar surface area (TPSA) is 94.2 Å². The second-order valence-electron chi connectivity index (χ2n) is 8.25. The summed E-state index contributed by atoms with van der Waals surface area (Å²) in [4.78, 5) is 13.0. The molecule has 3 rings (SSSR count). The van der Waals surface area contributed by atoms with Gasteiger partial charge < -0.3 is 19.5 Å². The van der Waals surface area contributed by atoms with Crippen LogP contribution in [0.5, 0.6) is 11.5 Å². The Morgan fingerprint density at radius 2 is 1.76 bits per heavy atom. The number of rotatable bonds is 10. The van der Waals surface area contributed by atoms with Gasteiger partial charge in [0.25, 0.3) is 0 Å². The Balaban J connectivity index is 1.70. The van der Waals surface area contributed by atoms with Gasteiger partial charge in [-0.15, -0.1) is 0 Å². The van der Waals surface area contributed by atoms with Gasteiger partial charge in [-0.3, -0.25) is 4.79 Å². The van der Waals surface area contributed by atoms with Gasteiger partial charge in [0.2, 0.25) is 15.9 Å². The van der Waals surface area contributed by atoms with Gasteiger partial charge in [0.15, 0.2) is 0 Å². The molecule has 0 aliphatic carbocycles. The number of ether oxygens (including phenoxy) is 3. The molecule has 1 fully saturated rings. The van der Waals surface area contributed by atoms with Gasteiger partial charge in [0.05, 0.1) is 38.4 Å². The van der Waals surface area contributed by atoms with Gasteiger partial charge in [-0.1, -0.05) is 19.1 Å². The summed E-state index contributed by atoms with van der Waals surface area (Å²) in [7, 11) is -0.459. The molecule has 1 aliphatic rings. The minimum atomic E-state index is -3.63. The van der Waals surface area contributed by atoms with Crippen LogP contribution < -0.4 is 14.8 Å². The fourth-order valence-corrected chi connectivity index (χ4v) is 5.56. The Morgan fingerprint density at radius 1 is 1.09 bits per heavy atom. The summed E-state index contributed by atoms with van der Waals surface area (Å²) in [5.74, 6) is 1.26. The van der Waals surface area contributed by atoms with Crippen molar-refractivity contribution in [3.05, 3.63) is 53.1 Å². The molecule has 1 aliphatic heterocycles. The molecule has 186 valence electrons. The normalized spacial score (nSPS) is 15.5. The van der Waals surface area contributed by atoms with Crippen LogP contribution in [-0.4, -0.2) is 59.2 Å². The highest BCUT2D eigenvalue weighted by Gasteiger charge is 2.27. The van der Waals surface area contributed by atoms with E-state index >= 15 is 0 Å². The molecule has 2 aromatic carbocycles. The molecule has 0 radical (unpaired) electrons. The number of nitrogens with one attached hydrogen (secondary N) is 1.